The summed E-state index contributed by atoms with van der Waals surface area (Å²) in [6.45, 7) is 4.35. The van der Waals surface area contributed by atoms with Crippen molar-refractivity contribution in [1.29, 1.82) is 0 Å². The zero-order valence-electron chi connectivity index (χ0n) is 17.7. The minimum Gasteiger partial charge on any atom is -0.507 e. The van der Waals surface area contributed by atoms with Crippen LogP contribution in [0, 0.1) is 0 Å². The van der Waals surface area contributed by atoms with Gasteiger partial charge in [-0.3, -0.25) is 0 Å². The van der Waals surface area contributed by atoms with E-state index in [0.717, 1.165) is 73.7 Å². The maximum absolute atomic E-state index is 11.5. The zero-order valence-corrected chi connectivity index (χ0v) is 17.7. The van der Waals surface area contributed by atoms with Crippen molar-refractivity contribution in [1.82, 2.24) is 0 Å². The number of phenols is 2. The van der Waals surface area contributed by atoms with E-state index in [1.165, 1.54) is 11.1 Å². The zero-order chi connectivity index (χ0) is 20.4. The second kappa shape index (κ2) is 8.52. The van der Waals surface area contributed by atoms with Crippen LogP contribution in [0.3, 0.4) is 0 Å². The highest BCUT2D eigenvalue weighted by molar-refractivity contribution is 5.63. The van der Waals surface area contributed by atoms with Crippen molar-refractivity contribution >= 4 is 5.69 Å². The van der Waals surface area contributed by atoms with Crippen molar-refractivity contribution in [3.63, 3.8) is 0 Å². The van der Waals surface area contributed by atoms with E-state index in [2.05, 4.69) is 43.4 Å². The van der Waals surface area contributed by atoms with Crippen LogP contribution in [0.25, 0.3) is 0 Å². The number of allylic oxidation sites excluding steroid dienone is 2. The number of para-hydroxylation sites is 1. The molecule has 2 atom stereocenters. The molecule has 1 aliphatic carbocycles. The van der Waals surface area contributed by atoms with Crippen molar-refractivity contribution in [2.45, 2.75) is 77.2 Å². The van der Waals surface area contributed by atoms with E-state index < -0.39 is 0 Å². The van der Waals surface area contributed by atoms with E-state index >= 15 is 0 Å². The van der Waals surface area contributed by atoms with E-state index in [4.69, 9.17) is 0 Å². The Bertz CT molecular complexity index is 890. The molecule has 2 aromatic rings. The highest BCUT2D eigenvalue weighted by Gasteiger charge is 2.31. The molecule has 3 heteroatoms. The average molecular weight is 392 g/mol. The average Bonchev–Trinajstić information content (AvgIpc) is 3.11. The molecule has 2 unspecified atom stereocenters. The van der Waals surface area contributed by atoms with Crippen LogP contribution in [0.5, 0.6) is 11.5 Å². The van der Waals surface area contributed by atoms with E-state index in [1.54, 1.807) is 0 Å². The fourth-order valence-corrected chi connectivity index (χ4v) is 5.08. The lowest BCUT2D eigenvalue weighted by Gasteiger charge is -2.26. The SMILES string of the molecule is CCCCCc1cc(O)c(C2C=C(C)CCC2)c(O)c1C1Cc2ccccc2N1. The third-order valence-electron chi connectivity index (χ3n) is 6.56. The summed E-state index contributed by atoms with van der Waals surface area (Å²) in [5.41, 5.74) is 6.58. The van der Waals surface area contributed by atoms with Crippen LogP contribution in [0.4, 0.5) is 5.69 Å². The minimum atomic E-state index is 0.0528. The lowest BCUT2D eigenvalue weighted by atomic mass is 9.82. The summed E-state index contributed by atoms with van der Waals surface area (Å²) in [6.07, 6.45) is 10.6. The first-order chi connectivity index (χ1) is 14.1. The molecule has 0 spiro atoms. The number of unbranched alkanes of at least 4 members (excludes halogenated alkanes) is 2. The molecule has 29 heavy (non-hydrogen) atoms. The molecule has 1 aliphatic heterocycles. The number of nitrogens with one attached hydrogen (secondary N) is 1. The fourth-order valence-electron chi connectivity index (χ4n) is 5.08. The van der Waals surface area contributed by atoms with Gasteiger partial charge in [0.2, 0.25) is 0 Å². The molecule has 4 rings (SSSR count). The lowest BCUT2D eigenvalue weighted by Crippen LogP contribution is -2.12. The number of aromatic hydroxyl groups is 2. The molecule has 0 saturated heterocycles. The number of hydrogen-bond donors (Lipinski definition) is 3. The number of anilines is 1. The summed E-state index contributed by atoms with van der Waals surface area (Å²) >= 11 is 0. The molecule has 3 nitrogen and oxygen atoms in total. The second-order valence-corrected chi connectivity index (χ2v) is 8.76. The molecule has 2 aliphatic rings. The number of hydrogen-bond acceptors (Lipinski definition) is 3. The number of rotatable bonds is 6. The Hall–Kier alpha value is -2.42. The molecule has 0 radical (unpaired) electrons. The number of phenolic OH excluding ortho intramolecular Hbond substituents is 2. The minimum absolute atomic E-state index is 0.0528. The van der Waals surface area contributed by atoms with Crippen LogP contribution < -0.4 is 5.32 Å². The number of benzene rings is 2. The molecule has 0 aromatic heterocycles. The number of fused-ring (bicyclic) bond motifs is 1. The third-order valence-corrected chi connectivity index (χ3v) is 6.56. The molecular formula is C26H33NO2. The van der Waals surface area contributed by atoms with Gasteiger partial charge >= 0.3 is 0 Å². The Balaban J connectivity index is 1.76. The van der Waals surface area contributed by atoms with Crippen molar-refractivity contribution in [3.05, 3.63) is 64.2 Å². The Labute approximate surface area is 174 Å². The van der Waals surface area contributed by atoms with Crippen LogP contribution >= 0.6 is 0 Å². The Kier molecular flexibility index (Phi) is 5.84. The first-order valence-electron chi connectivity index (χ1n) is 11.2. The maximum atomic E-state index is 11.5. The Morgan fingerprint density at radius 1 is 1.10 bits per heavy atom. The van der Waals surface area contributed by atoms with E-state index in [0.29, 0.717) is 5.75 Å². The summed E-state index contributed by atoms with van der Waals surface area (Å²) < 4.78 is 0. The number of aryl methyl sites for hydroxylation is 1. The molecule has 0 amide bonds. The second-order valence-electron chi connectivity index (χ2n) is 8.76. The van der Waals surface area contributed by atoms with Crippen molar-refractivity contribution in [2.24, 2.45) is 0 Å². The van der Waals surface area contributed by atoms with Crippen molar-refractivity contribution in [3.8, 4) is 11.5 Å². The first-order valence-corrected chi connectivity index (χ1v) is 11.2. The lowest BCUT2D eigenvalue weighted by molar-refractivity contribution is 0.420. The largest absolute Gasteiger partial charge is 0.507 e. The van der Waals surface area contributed by atoms with Gasteiger partial charge in [0.05, 0.1) is 6.04 Å². The maximum Gasteiger partial charge on any atom is 0.128 e. The van der Waals surface area contributed by atoms with Gasteiger partial charge in [-0.2, -0.15) is 0 Å². The summed E-state index contributed by atoms with van der Waals surface area (Å²) in [5, 5.41) is 26.0. The van der Waals surface area contributed by atoms with Crippen molar-refractivity contribution < 1.29 is 10.2 Å². The van der Waals surface area contributed by atoms with Gasteiger partial charge in [-0.25, -0.2) is 0 Å². The molecular weight excluding hydrogens is 358 g/mol. The Morgan fingerprint density at radius 3 is 2.69 bits per heavy atom. The predicted octanol–water partition coefficient (Wildman–Crippen LogP) is 6.75. The molecule has 1 heterocycles. The van der Waals surface area contributed by atoms with Crippen LogP contribution in [0.15, 0.2) is 42.0 Å². The fraction of sp³-hybridized carbons (Fsp3) is 0.462. The highest BCUT2D eigenvalue weighted by atomic mass is 16.3. The topological polar surface area (TPSA) is 52.5 Å². The summed E-state index contributed by atoms with van der Waals surface area (Å²) in [4.78, 5) is 0. The van der Waals surface area contributed by atoms with Crippen molar-refractivity contribution in [2.75, 3.05) is 5.32 Å². The molecule has 0 saturated carbocycles. The van der Waals surface area contributed by atoms with Gasteiger partial charge in [-0.15, -0.1) is 0 Å². The summed E-state index contributed by atoms with van der Waals surface area (Å²) in [7, 11) is 0. The van der Waals surface area contributed by atoms with E-state index in [-0.39, 0.29) is 17.7 Å². The molecule has 0 fully saturated rings. The van der Waals surface area contributed by atoms with Gasteiger partial charge in [-0.1, -0.05) is 49.6 Å². The van der Waals surface area contributed by atoms with E-state index in [1.807, 2.05) is 12.1 Å². The third kappa shape index (κ3) is 4.01. The quantitative estimate of drug-likeness (QED) is 0.377. The smallest absolute Gasteiger partial charge is 0.128 e. The van der Waals surface area contributed by atoms with Crippen LogP contribution in [0.2, 0.25) is 0 Å². The summed E-state index contributed by atoms with van der Waals surface area (Å²) in [5.74, 6) is 0.651. The molecule has 154 valence electrons. The standard InChI is InChI=1S/C26H33NO2/c1-3-4-5-11-20-16-23(28)25(19-12-8-9-17(2)14-19)26(29)24(20)22-15-18-10-6-7-13-21(18)27-22/h6-7,10,13-14,16,19,22,27-29H,3-5,8-9,11-12,15H2,1-2H3. The van der Waals surface area contributed by atoms with Gasteiger partial charge in [0.15, 0.2) is 0 Å². The molecule has 2 aromatic carbocycles. The van der Waals surface area contributed by atoms with Gasteiger partial charge < -0.3 is 15.5 Å². The van der Waals surface area contributed by atoms with Crippen LogP contribution in [-0.2, 0) is 12.8 Å². The van der Waals surface area contributed by atoms with E-state index in [9.17, 15) is 10.2 Å². The summed E-state index contributed by atoms with van der Waals surface area (Å²) in [6, 6.07) is 10.4. The predicted molar refractivity (Wildman–Crippen MR) is 120 cm³/mol. The van der Waals surface area contributed by atoms with Crippen LogP contribution in [0.1, 0.15) is 86.6 Å². The molecule has 0 bridgehead atoms. The monoisotopic (exact) mass is 391 g/mol. The van der Waals surface area contributed by atoms with Gasteiger partial charge in [0.25, 0.3) is 0 Å². The van der Waals surface area contributed by atoms with Gasteiger partial charge in [0.1, 0.15) is 11.5 Å². The Morgan fingerprint density at radius 2 is 1.93 bits per heavy atom. The molecule has 3 N–H and O–H groups in total. The van der Waals surface area contributed by atoms with Gasteiger partial charge in [-0.05, 0) is 68.7 Å². The normalized spacial score (nSPS) is 20.8. The van der Waals surface area contributed by atoms with Crippen LogP contribution in [-0.4, -0.2) is 10.2 Å². The highest BCUT2D eigenvalue weighted by Crippen LogP contribution is 2.48. The van der Waals surface area contributed by atoms with Gasteiger partial charge in [0, 0.05) is 22.7 Å². The first kappa shape index (κ1) is 19.9.